The van der Waals surface area contributed by atoms with Crippen LogP contribution in [0.4, 0.5) is 0 Å². The molecule has 0 bridgehead atoms. The standard InChI is InChI=1S/C4H8N2.C2H3O3.Pt/c5-4-1-2-6-3-4;3-1-2(4)5;/h4-5H,1-3H2;1H2,(H,4,5);/q-2;-1;+4/p-1. The molecular weight excluding hydrogens is 343 g/mol. The fourth-order valence-electron chi connectivity index (χ4n) is 0.586. The first-order chi connectivity index (χ1) is 5.16. The van der Waals surface area contributed by atoms with Crippen molar-refractivity contribution in [2.24, 2.45) is 0 Å². The SMILES string of the molecule is O=C([O-])C[O-].[NH-]C1CC[N-]C1.[Pt+4]. The van der Waals surface area contributed by atoms with Crippen LogP contribution in [0.1, 0.15) is 6.42 Å². The van der Waals surface area contributed by atoms with Crippen LogP contribution in [0.25, 0.3) is 11.1 Å². The van der Waals surface area contributed by atoms with Crippen molar-refractivity contribution < 1.29 is 36.1 Å². The van der Waals surface area contributed by atoms with Gasteiger partial charge in [-0.2, -0.15) is 19.1 Å². The average Bonchev–Trinajstić information content (AvgIpc) is 2.41. The van der Waals surface area contributed by atoms with Gasteiger partial charge in [0.25, 0.3) is 0 Å². The van der Waals surface area contributed by atoms with Gasteiger partial charge in [0.15, 0.2) is 0 Å². The zero-order valence-electron chi connectivity index (χ0n) is 6.39. The molecule has 72 valence electrons. The molecule has 1 rings (SSSR count). The van der Waals surface area contributed by atoms with Crippen LogP contribution in [-0.2, 0) is 25.9 Å². The fraction of sp³-hybridized carbons (Fsp3) is 0.833. The maximum atomic E-state index is 8.97. The molecule has 0 aromatic heterocycles. The summed E-state index contributed by atoms with van der Waals surface area (Å²) in [5.41, 5.74) is 7.04. The van der Waals surface area contributed by atoms with E-state index in [9.17, 15) is 0 Å². The maximum Gasteiger partial charge on any atom is 4.00 e. The normalized spacial score (nSPS) is 20.3. The first-order valence-corrected chi connectivity index (χ1v) is 3.29. The van der Waals surface area contributed by atoms with Gasteiger partial charge in [-0.15, -0.1) is 0 Å². The predicted molar refractivity (Wildman–Crippen MR) is 35.7 cm³/mol. The number of aliphatic carboxylic acids is 1. The summed E-state index contributed by atoms with van der Waals surface area (Å²) in [5.74, 6) is -1.55. The maximum absolute atomic E-state index is 8.97. The molecule has 1 heterocycles. The molecule has 1 unspecified atom stereocenters. The third-order valence-corrected chi connectivity index (χ3v) is 1.10. The molecule has 1 fully saturated rings. The summed E-state index contributed by atoms with van der Waals surface area (Å²) in [4.78, 5) is 8.94. The van der Waals surface area contributed by atoms with E-state index < -0.39 is 12.6 Å². The van der Waals surface area contributed by atoms with Crippen molar-refractivity contribution in [3.8, 4) is 0 Å². The number of nitrogens with one attached hydrogen (secondary N) is 1. The van der Waals surface area contributed by atoms with Crippen LogP contribution in [0.5, 0.6) is 0 Å². The molecule has 1 atom stereocenters. The summed E-state index contributed by atoms with van der Waals surface area (Å²) in [6.45, 7) is 0.564. The third kappa shape index (κ3) is 10.0. The smallest absolute Gasteiger partial charge is 0.850 e. The number of carbonyl (C=O) groups is 1. The Kier molecular flexibility index (Phi) is 11.1. The monoisotopic (exact) mass is 353 g/mol. The molecule has 1 saturated heterocycles. The summed E-state index contributed by atoms with van der Waals surface area (Å²) < 4.78 is 0. The molecular formula is C6H10N2O3Pt. The van der Waals surface area contributed by atoms with Gasteiger partial charge >= 0.3 is 21.1 Å². The first-order valence-electron chi connectivity index (χ1n) is 3.29. The Morgan fingerprint density at radius 2 is 2.17 bits per heavy atom. The number of carbonyl (C=O) groups excluding carboxylic acids is 1. The van der Waals surface area contributed by atoms with Crippen LogP contribution in [0.15, 0.2) is 0 Å². The molecule has 0 radical (unpaired) electrons. The summed E-state index contributed by atoms with van der Waals surface area (Å²) in [5, 5.41) is 21.9. The van der Waals surface area contributed by atoms with Gasteiger partial charge in [0, 0.05) is 5.97 Å². The van der Waals surface area contributed by atoms with E-state index in [0.29, 0.717) is 0 Å². The van der Waals surface area contributed by atoms with Crippen LogP contribution < -0.4 is 10.2 Å². The van der Waals surface area contributed by atoms with E-state index in [1.807, 2.05) is 0 Å². The summed E-state index contributed by atoms with van der Waals surface area (Å²) in [6.07, 6.45) is 0.986. The summed E-state index contributed by atoms with van der Waals surface area (Å²) >= 11 is 0. The number of carboxylic acid groups (broad SMARTS) is 1. The minimum Gasteiger partial charge on any atom is -0.850 e. The largest absolute Gasteiger partial charge is 4.00 e. The second-order valence-corrected chi connectivity index (χ2v) is 2.13. The number of hydrogen-bond acceptors (Lipinski definition) is 3. The molecule has 1 N–H and O–H groups in total. The van der Waals surface area contributed by atoms with Gasteiger partial charge in [0.05, 0.1) is 0 Å². The molecule has 0 aromatic rings. The van der Waals surface area contributed by atoms with Crippen molar-refractivity contribution in [3.05, 3.63) is 11.1 Å². The summed E-state index contributed by atoms with van der Waals surface area (Å²) in [7, 11) is 0. The molecule has 0 spiro atoms. The van der Waals surface area contributed by atoms with Crippen molar-refractivity contribution in [3.63, 3.8) is 0 Å². The zero-order valence-corrected chi connectivity index (χ0v) is 8.67. The van der Waals surface area contributed by atoms with Gasteiger partial charge in [-0.3, -0.25) is 0 Å². The Hall–Kier alpha value is 0.0383. The topological polar surface area (TPSA) is 101 Å². The molecule has 0 aromatic carbocycles. The minimum atomic E-state index is -1.55. The van der Waals surface area contributed by atoms with Crippen molar-refractivity contribution in [1.82, 2.24) is 0 Å². The predicted octanol–water partition coefficient (Wildman–Crippen LogP) is -1.72. The Bertz CT molecular complexity index is 117. The zero-order chi connectivity index (χ0) is 8.69. The minimum absolute atomic E-state index is 0. The number of hydrogen-bond donors (Lipinski definition) is 0. The van der Waals surface area contributed by atoms with E-state index in [1.54, 1.807) is 0 Å². The van der Waals surface area contributed by atoms with E-state index in [1.165, 1.54) is 0 Å². The van der Waals surface area contributed by atoms with Gasteiger partial charge < -0.3 is 26.1 Å². The summed E-state index contributed by atoms with van der Waals surface area (Å²) in [6, 6.07) is 0.130. The quantitative estimate of drug-likeness (QED) is 0.560. The average molecular weight is 353 g/mol. The van der Waals surface area contributed by atoms with Crippen molar-refractivity contribution in [2.75, 3.05) is 19.7 Å². The molecule has 0 amide bonds. The van der Waals surface area contributed by atoms with E-state index in [0.717, 1.165) is 19.5 Å². The van der Waals surface area contributed by atoms with Gasteiger partial charge in [-0.1, -0.05) is 13.0 Å². The fourth-order valence-corrected chi connectivity index (χ4v) is 0.586. The second kappa shape index (κ2) is 9.13. The Morgan fingerprint density at radius 1 is 1.67 bits per heavy atom. The molecule has 5 nitrogen and oxygen atoms in total. The van der Waals surface area contributed by atoms with Crippen molar-refractivity contribution >= 4 is 5.97 Å². The Morgan fingerprint density at radius 3 is 2.25 bits per heavy atom. The number of rotatable bonds is 1. The van der Waals surface area contributed by atoms with E-state index in [4.69, 9.17) is 20.7 Å². The van der Waals surface area contributed by atoms with E-state index >= 15 is 0 Å². The second-order valence-electron chi connectivity index (χ2n) is 2.13. The van der Waals surface area contributed by atoms with Crippen molar-refractivity contribution in [1.29, 1.82) is 0 Å². The van der Waals surface area contributed by atoms with Gasteiger partial charge in [0.2, 0.25) is 0 Å². The number of carboxylic acids is 1. The van der Waals surface area contributed by atoms with Crippen LogP contribution in [0, 0.1) is 0 Å². The molecule has 1 aliphatic heterocycles. The van der Waals surface area contributed by atoms with Crippen LogP contribution in [-0.4, -0.2) is 31.7 Å². The van der Waals surface area contributed by atoms with Crippen molar-refractivity contribution in [2.45, 2.75) is 12.5 Å². The molecule has 12 heavy (non-hydrogen) atoms. The third-order valence-electron chi connectivity index (χ3n) is 1.10. The van der Waals surface area contributed by atoms with Crippen LogP contribution >= 0.6 is 0 Å². The van der Waals surface area contributed by atoms with E-state index in [2.05, 4.69) is 5.32 Å². The Balaban J connectivity index is 0. The van der Waals surface area contributed by atoms with Crippen LogP contribution in [0.2, 0.25) is 0 Å². The molecule has 6 heteroatoms. The van der Waals surface area contributed by atoms with Crippen LogP contribution in [0.3, 0.4) is 0 Å². The number of nitrogens with zero attached hydrogens (tertiary/aromatic N) is 1. The van der Waals surface area contributed by atoms with Gasteiger partial charge in [-0.05, 0) is 0 Å². The van der Waals surface area contributed by atoms with E-state index in [-0.39, 0.29) is 27.1 Å². The molecule has 0 saturated carbocycles. The molecule has 0 aliphatic carbocycles. The van der Waals surface area contributed by atoms with Gasteiger partial charge in [-0.25, -0.2) is 0 Å². The molecule has 1 aliphatic rings. The van der Waals surface area contributed by atoms with Gasteiger partial charge in [0.1, 0.15) is 0 Å². The first kappa shape index (κ1) is 14.6. The Labute approximate surface area is 85.6 Å².